The summed E-state index contributed by atoms with van der Waals surface area (Å²) in [4.78, 5) is 29.8. The molecule has 0 unspecified atom stereocenters. The summed E-state index contributed by atoms with van der Waals surface area (Å²) in [7, 11) is 0. The summed E-state index contributed by atoms with van der Waals surface area (Å²) in [5.74, 6) is 6.05. The summed E-state index contributed by atoms with van der Waals surface area (Å²) in [6.07, 6.45) is 3.16. The van der Waals surface area contributed by atoms with Gasteiger partial charge in [0, 0.05) is 13.1 Å². The standard InChI is InChI=1S/C13H24N18O2/c14-7-18-9(21-15)30-31(7)12-27-24-11(25-28-12)20-8-19-10(23-22-8)26-29-13(33)17-5-3-1-2-4-16-6-32/h6H,1-5,15H2,(H,16,32)(H,27,28)(H2,17,29,33)(H3,14,18,21,30)(H4,19,20,22,23,24,25,26). The Morgan fingerprint density at radius 1 is 1.09 bits per heavy atom. The Morgan fingerprint density at radius 2 is 1.94 bits per heavy atom. The van der Waals surface area contributed by atoms with Gasteiger partial charge < -0.3 is 16.4 Å². The Bertz CT molecular complexity index is 993. The van der Waals surface area contributed by atoms with E-state index < -0.39 is 6.03 Å². The number of carbonyl (C=O) groups is 2. The molecule has 13 N–H and O–H groups in total. The lowest BCUT2D eigenvalue weighted by atomic mass is 10.2. The number of aromatic nitrogens is 6. The largest absolute Gasteiger partial charge is 0.368 e. The van der Waals surface area contributed by atoms with Crippen LogP contribution < -0.4 is 54.7 Å². The minimum Gasteiger partial charge on any atom is -0.368 e. The van der Waals surface area contributed by atoms with Crippen molar-refractivity contribution in [2.45, 2.75) is 19.3 Å². The van der Waals surface area contributed by atoms with Crippen LogP contribution in [-0.2, 0) is 4.79 Å². The molecule has 0 saturated carbocycles. The minimum absolute atomic E-state index is 0.0389. The van der Waals surface area contributed by atoms with E-state index in [1.165, 1.54) is 4.68 Å². The number of guanidine groups is 1. The number of nitrogens with two attached hydrogens (primary N) is 2. The predicted octanol–water partition coefficient (Wildman–Crippen LogP) is -3.50. The summed E-state index contributed by atoms with van der Waals surface area (Å²) in [5, 5.41) is 26.4. The molecule has 20 heteroatoms. The van der Waals surface area contributed by atoms with Crippen LogP contribution in [0.5, 0.6) is 0 Å². The number of nitrogens with one attached hydrogen (secondary N) is 9. The van der Waals surface area contributed by atoms with E-state index in [4.69, 9.17) is 11.6 Å². The van der Waals surface area contributed by atoms with Crippen LogP contribution in [0.3, 0.4) is 0 Å². The number of anilines is 4. The van der Waals surface area contributed by atoms with Crippen LogP contribution in [0.4, 0.5) is 28.6 Å². The van der Waals surface area contributed by atoms with Gasteiger partial charge in [0.1, 0.15) is 0 Å². The van der Waals surface area contributed by atoms with Gasteiger partial charge in [-0.25, -0.2) is 21.2 Å². The van der Waals surface area contributed by atoms with Crippen LogP contribution >= 0.6 is 0 Å². The third kappa shape index (κ3) is 6.81. The molecule has 0 radical (unpaired) electrons. The first-order valence-electron chi connectivity index (χ1n) is 9.62. The van der Waals surface area contributed by atoms with E-state index in [-0.39, 0.29) is 35.7 Å². The van der Waals surface area contributed by atoms with Crippen LogP contribution in [0.25, 0.3) is 0 Å². The quantitative estimate of drug-likeness (QED) is 0.0667. The molecule has 0 aromatic carbocycles. The van der Waals surface area contributed by atoms with E-state index in [0.717, 1.165) is 19.3 Å². The Kier molecular flexibility index (Phi) is 7.94. The van der Waals surface area contributed by atoms with Crippen molar-refractivity contribution in [1.29, 1.82) is 0 Å². The second-order valence-electron chi connectivity index (χ2n) is 6.24. The van der Waals surface area contributed by atoms with Crippen LogP contribution in [-0.4, -0.2) is 67.4 Å². The molecule has 0 saturated heterocycles. The molecule has 0 spiro atoms. The molecule has 3 amide bonds. The van der Waals surface area contributed by atoms with E-state index in [0.29, 0.717) is 19.5 Å². The molecule has 2 aromatic heterocycles. The van der Waals surface area contributed by atoms with Gasteiger partial charge in [-0.1, -0.05) is 0 Å². The zero-order valence-corrected chi connectivity index (χ0v) is 17.2. The fourth-order valence-corrected chi connectivity index (χ4v) is 2.39. The highest BCUT2D eigenvalue weighted by Crippen LogP contribution is 2.05. The van der Waals surface area contributed by atoms with Crippen molar-refractivity contribution < 1.29 is 9.59 Å². The van der Waals surface area contributed by atoms with E-state index in [9.17, 15) is 9.59 Å². The highest BCUT2D eigenvalue weighted by molar-refractivity contribution is 5.97. The zero-order chi connectivity index (χ0) is 23.5. The molecular formula is C13H24N18O2. The van der Waals surface area contributed by atoms with Crippen molar-refractivity contribution in [3.63, 3.8) is 0 Å². The molecule has 0 bridgehead atoms. The van der Waals surface area contributed by atoms with Crippen molar-refractivity contribution in [2.75, 3.05) is 35.0 Å². The van der Waals surface area contributed by atoms with Gasteiger partial charge in [0.05, 0.1) is 0 Å². The average Bonchev–Trinajstić information content (AvgIpc) is 3.43. The van der Waals surface area contributed by atoms with E-state index in [1.54, 1.807) is 0 Å². The molecular weight excluding hydrogens is 440 g/mol. The molecule has 178 valence electrons. The topological polar surface area (TPSA) is 279 Å². The zero-order valence-electron chi connectivity index (χ0n) is 17.2. The maximum absolute atomic E-state index is 11.8. The third-order valence-electron chi connectivity index (χ3n) is 3.88. The predicted molar refractivity (Wildman–Crippen MR) is 117 cm³/mol. The molecule has 0 aliphatic carbocycles. The second-order valence-corrected chi connectivity index (χ2v) is 6.24. The van der Waals surface area contributed by atoms with Crippen molar-refractivity contribution in [2.24, 2.45) is 16.0 Å². The van der Waals surface area contributed by atoms with Gasteiger partial charge in [0.2, 0.25) is 24.3 Å². The number of carbonyl (C=O) groups excluding carboxylic acids is 2. The molecule has 2 aromatic rings. The summed E-state index contributed by atoms with van der Waals surface area (Å²) >= 11 is 0. The van der Waals surface area contributed by atoms with Gasteiger partial charge in [0.25, 0.3) is 17.9 Å². The van der Waals surface area contributed by atoms with Crippen molar-refractivity contribution in [1.82, 2.24) is 56.9 Å². The number of nitrogens with zero attached hydrogens (tertiary/aromatic N) is 7. The number of amides is 3. The molecule has 0 atom stereocenters. The van der Waals surface area contributed by atoms with Crippen LogP contribution in [0.2, 0.25) is 0 Å². The lowest BCUT2D eigenvalue weighted by Gasteiger charge is -2.16. The molecule has 1 aliphatic heterocycles. The summed E-state index contributed by atoms with van der Waals surface area (Å²) in [6, 6.07) is -0.440. The molecule has 20 nitrogen and oxygen atoms in total. The fraction of sp³-hybridized carbons (Fsp3) is 0.385. The van der Waals surface area contributed by atoms with Gasteiger partial charge in [0.15, 0.2) is 0 Å². The first kappa shape index (κ1) is 22.8. The SMILES string of the molecule is NNc1nc(N)n(C2=NN=C(Nc3nc(NNC(=O)NCCCCCNC=O)n[nH]3)NN2)n1. The first-order valence-corrected chi connectivity index (χ1v) is 9.62. The van der Waals surface area contributed by atoms with Gasteiger partial charge in [-0.3, -0.25) is 31.8 Å². The van der Waals surface area contributed by atoms with Crippen LogP contribution in [0, 0.1) is 0 Å². The van der Waals surface area contributed by atoms with Crippen molar-refractivity contribution in [3.8, 4) is 0 Å². The minimum atomic E-state index is -0.440. The fourth-order valence-electron chi connectivity index (χ4n) is 2.39. The van der Waals surface area contributed by atoms with Gasteiger partial charge in [-0.2, -0.15) is 14.6 Å². The lowest BCUT2D eigenvalue weighted by Crippen LogP contribution is -2.50. The van der Waals surface area contributed by atoms with Crippen LogP contribution in [0.1, 0.15) is 19.3 Å². The third-order valence-corrected chi connectivity index (χ3v) is 3.88. The number of nitrogen functional groups attached to an aromatic ring is 2. The normalized spacial score (nSPS) is 12.4. The van der Waals surface area contributed by atoms with Crippen molar-refractivity contribution in [3.05, 3.63) is 0 Å². The van der Waals surface area contributed by atoms with Gasteiger partial charge in [-0.15, -0.1) is 20.4 Å². The van der Waals surface area contributed by atoms with E-state index in [2.05, 4.69) is 78.5 Å². The van der Waals surface area contributed by atoms with Crippen molar-refractivity contribution >= 4 is 48.2 Å². The number of H-pyrrole nitrogens is 1. The number of rotatable bonds is 11. The van der Waals surface area contributed by atoms with Gasteiger partial charge >= 0.3 is 6.03 Å². The van der Waals surface area contributed by atoms with Gasteiger partial charge in [-0.05, 0) is 19.3 Å². The average molecular weight is 464 g/mol. The highest BCUT2D eigenvalue weighted by Gasteiger charge is 2.16. The summed E-state index contributed by atoms with van der Waals surface area (Å²) in [5.41, 5.74) is 18.4. The smallest absolute Gasteiger partial charge is 0.333 e. The molecule has 1 aliphatic rings. The maximum atomic E-state index is 11.8. The lowest BCUT2D eigenvalue weighted by molar-refractivity contribution is -0.109. The highest BCUT2D eigenvalue weighted by atomic mass is 16.2. The Morgan fingerprint density at radius 3 is 2.67 bits per heavy atom. The van der Waals surface area contributed by atoms with Crippen LogP contribution in [0.15, 0.2) is 10.2 Å². The molecule has 33 heavy (non-hydrogen) atoms. The second kappa shape index (κ2) is 11.5. The molecule has 0 fully saturated rings. The number of aromatic amines is 1. The first-order chi connectivity index (χ1) is 16.1. The summed E-state index contributed by atoms with van der Waals surface area (Å²) in [6.45, 7) is 1.11. The Hall–Kier alpha value is -4.88. The number of urea groups is 1. The molecule has 3 rings (SSSR count). The number of unbranched alkanes of at least 4 members (excludes halogenated alkanes) is 2. The number of hydrogen-bond acceptors (Lipinski definition) is 15. The summed E-state index contributed by atoms with van der Waals surface area (Å²) < 4.78 is 1.18. The monoisotopic (exact) mass is 464 g/mol. The van der Waals surface area contributed by atoms with E-state index in [1.807, 2.05) is 0 Å². The Labute approximate surface area is 185 Å². The van der Waals surface area contributed by atoms with E-state index >= 15 is 0 Å². The number of hydrazine groups is 3. The molecule has 3 heterocycles. The maximum Gasteiger partial charge on any atom is 0.333 e. The Balaban J connectivity index is 1.39. The number of hydrogen-bond donors (Lipinski definition) is 11.